The van der Waals surface area contributed by atoms with Crippen molar-refractivity contribution in [1.82, 2.24) is 0 Å². The van der Waals surface area contributed by atoms with Gasteiger partial charge in [-0.05, 0) is 35.9 Å². The zero-order valence-corrected chi connectivity index (χ0v) is 13.7. The van der Waals surface area contributed by atoms with E-state index in [0.717, 1.165) is 0 Å². The van der Waals surface area contributed by atoms with Gasteiger partial charge in [0.25, 0.3) is 0 Å². The molecule has 0 fully saturated rings. The van der Waals surface area contributed by atoms with Crippen molar-refractivity contribution < 1.29 is 17.6 Å². The van der Waals surface area contributed by atoms with Crippen LogP contribution in [0.3, 0.4) is 0 Å². The number of benzene rings is 2. The summed E-state index contributed by atoms with van der Waals surface area (Å²) >= 11 is 5.81. The Morgan fingerprint density at radius 1 is 1.13 bits per heavy atom. The first-order valence-corrected chi connectivity index (χ1v) is 9.04. The summed E-state index contributed by atoms with van der Waals surface area (Å²) in [5.74, 6) is -1.43. The fraction of sp³-hybridized carbons (Fsp3) is 0.188. The van der Waals surface area contributed by atoms with Crippen molar-refractivity contribution in [3.63, 3.8) is 0 Å². The van der Waals surface area contributed by atoms with E-state index in [1.807, 2.05) is 0 Å². The number of carbonyl (C=O) groups excluding carboxylic acids is 1. The molecule has 0 saturated heterocycles. The molecule has 23 heavy (non-hydrogen) atoms. The molecule has 122 valence electrons. The molecule has 2 rings (SSSR count). The Bertz CT molecular complexity index is 808. The first-order valence-electron chi connectivity index (χ1n) is 6.84. The zero-order chi connectivity index (χ0) is 16.9. The standard InChI is InChI=1S/C16H15ClFNO3S/c17-13-4-1-3-12(9-13)11-23(21,22)8-7-16(20)19-15-6-2-5-14(18)10-15/h1-6,9-10H,7-8,11H2,(H,19,20). The van der Waals surface area contributed by atoms with E-state index in [4.69, 9.17) is 11.6 Å². The van der Waals surface area contributed by atoms with Gasteiger partial charge >= 0.3 is 0 Å². The fourth-order valence-electron chi connectivity index (χ4n) is 1.99. The van der Waals surface area contributed by atoms with Crippen molar-refractivity contribution in [1.29, 1.82) is 0 Å². The lowest BCUT2D eigenvalue weighted by Gasteiger charge is -2.07. The smallest absolute Gasteiger partial charge is 0.225 e. The molecule has 1 amide bonds. The van der Waals surface area contributed by atoms with Gasteiger partial charge in [0.15, 0.2) is 9.84 Å². The first kappa shape index (κ1) is 17.4. The lowest BCUT2D eigenvalue weighted by molar-refractivity contribution is -0.115. The SMILES string of the molecule is O=C(CCS(=O)(=O)Cc1cccc(Cl)c1)Nc1cccc(F)c1. The van der Waals surface area contributed by atoms with Gasteiger partial charge in [-0.25, -0.2) is 12.8 Å². The number of anilines is 1. The van der Waals surface area contributed by atoms with Crippen LogP contribution in [0.2, 0.25) is 5.02 Å². The minimum Gasteiger partial charge on any atom is -0.326 e. The topological polar surface area (TPSA) is 63.2 Å². The van der Waals surface area contributed by atoms with Crippen LogP contribution < -0.4 is 5.32 Å². The molecule has 0 atom stereocenters. The Morgan fingerprint density at radius 3 is 2.57 bits per heavy atom. The average molecular weight is 356 g/mol. The van der Waals surface area contributed by atoms with Gasteiger partial charge in [0.2, 0.25) is 5.91 Å². The van der Waals surface area contributed by atoms with Crippen LogP contribution in [0.5, 0.6) is 0 Å². The average Bonchev–Trinajstić information content (AvgIpc) is 2.45. The van der Waals surface area contributed by atoms with Gasteiger partial charge < -0.3 is 5.32 Å². The number of nitrogens with one attached hydrogen (secondary N) is 1. The van der Waals surface area contributed by atoms with Crippen LogP contribution >= 0.6 is 11.6 Å². The van der Waals surface area contributed by atoms with Crippen LogP contribution in [0, 0.1) is 5.82 Å². The minimum absolute atomic E-state index is 0.180. The number of amides is 1. The van der Waals surface area contributed by atoms with Crippen molar-refractivity contribution in [3.8, 4) is 0 Å². The molecule has 2 aromatic rings. The zero-order valence-electron chi connectivity index (χ0n) is 12.1. The van der Waals surface area contributed by atoms with Gasteiger partial charge in [0, 0.05) is 17.1 Å². The lowest BCUT2D eigenvalue weighted by Crippen LogP contribution is -2.18. The van der Waals surface area contributed by atoms with E-state index in [9.17, 15) is 17.6 Å². The van der Waals surface area contributed by atoms with Crippen molar-refractivity contribution in [2.24, 2.45) is 0 Å². The summed E-state index contributed by atoms with van der Waals surface area (Å²) in [6.45, 7) is 0. The predicted molar refractivity (Wildman–Crippen MR) is 88.6 cm³/mol. The number of rotatable bonds is 6. The molecule has 0 spiro atoms. The van der Waals surface area contributed by atoms with Crippen LogP contribution in [0.4, 0.5) is 10.1 Å². The molecular formula is C16H15ClFNO3S. The second-order valence-electron chi connectivity index (χ2n) is 5.03. The van der Waals surface area contributed by atoms with Crippen molar-refractivity contribution in [2.75, 3.05) is 11.1 Å². The molecule has 0 saturated carbocycles. The Morgan fingerprint density at radius 2 is 1.87 bits per heavy atom. The highest BCUT2D eigenvalue weighted by atomic mass is 35.5. The lowest BCUT2D eigenvalue weighted by atomic mass is 10.2. The summed E-state index contributed by atoms with van der Waals surface area (Å²) in [4.78, 5) is 11.8. The van der Waals surface area contributed by atoms with Crippen molar-refractivity contribution >= 4 is 33.0 Å². The second kappa shape index (κ2) is 7.57. The monoisotopic (exact) mass is 355 g/mol. The number of hydrogen-bond donors (Lipinski definition) is 1. The maximum absolute atomic E-state index is 13.0. The van der Waals surface area contributed by atoms with Crippen LogP contribution in [0.15, 0.2) is 48.5 Å². The molecule has 1 N–H and O–H groups in total. The van der Waals surface area contributed by atoms with E-state index in [1.54, 1.807) is 24.3 Å². The van der Waals surface area contributed by atoms with Gasteiger partial charge in [0.1, 0.15) is 5.82 Å². The third-order valence-electron chi connectivity index (χ3n) is 3.02. The predicted octanol–water partition coefficient (Wildman–Crippen LogP) is 3.42. The highest BCUT2D eigenvalue weighted by Crippen LogP contribution is 2.14. The van der Waals surface area contributed by atoms with Crippen molar-refractivity contribution in [3.05, 3.63) is 64.9 Å². The van der Waals surface area contributed by atoms with E-state index in [0.29, 0.717) is 16.3 Å². The van der Waals surface area contributed by atoms with E-state index in [-0.39, 0.29) is 17.9 Å². The molecule has 0 bridgehead atoms. The first-order chi connectivity index (χ1) is 10.8. The molecule has 0 aromatic heterocycles. The van der Waals surface area contributed by atoms with Crippen LogP contribution in [-0.4, -0.2) is 20.1 Å². The molecule has 0 radical (unpaired) electrons. The van der Waals surface area contributed by atoms with E-state index < -0.39 is 21.6 Å². The highest BCUT2D eigenvalue weighted by Gasteiger charge is 2.15. The van der Waals surface area contributed by atoms with Gasteiger partial charge in [-0.15, -0.1) is 0 Å². The molecule has 2 aromatic carbocycles. The molecule has 0 unspecified atom stereocenters. The molecule has 7 heteroatoms. The van der Waals surface area contributed by atoms with E-state index >= 15 is 0 Å². The molecule has 4 nitrogen and oxygen atoms in total. The van der Waals surface area contributed by atoms with Crippen LogP contribution in [0.25, 0.3) is 0 Å². The summed E-state index contributed by atoms with van der Waals surface area (Å²) in [7, 11) is -3.44. The summed E-state index contributed by atoms with van der Waals surface area (Å²) in [5.41, 5.74) is 0.866. The molecular weight excluding hydrogens is 341 g/mol. The maximum Gasteiger partial charge on any atom is 0.225 e. The van der Waals surface area contributed by atoms with Gasteiger partial charge in [0.05, 0.1) is 11.5 Å². The Balaban J connectivity index is 1.90. The number of halogens is 2. The Kier molecular flexibility index (Phi) is 5.74. The summed E-state index contributed by atoms with van der Waals surface area (Å²) in [5, 5.41) is 2.92. The molecule has 0 heterocycles. The largest absolute Gasteiger partial charge is 0.326 e. The van der Waals surface area contributed by atoms with Gasteiger partial charge in [-0.2, -0.15) is 0 Å². The van der Waals surface area contributed by atoms with Crippen molar-refractivity contribution in [2.45, 2.75) is 12.2 Å². The number of hydrogen-bond acceptors (Lipinski definition) is 3. The van der Waals surface area contributed by atoms with Gasteiger partial charge in [-0.1, -0.05) is 29.8 Å². The molecule has 0 aliphatic rings. The highest BCUT2D eigenvalue weighted by molar-refractivity contribution is 7.90. The maximum atomic E-state index is 13.0. The third kappa shape index (κ3) is 6.00. The van der Waals surface area contributed by atoms with Crippen LogP contribution in [-0.2, 0) is 20.4 Å². The quantitative estimate of drug-likeness (QED) is 0.863. The fourth-order valence-corrected chi connectivity index (χ4v) is 3.53. The van der Waals surface area contributed by atoms with Gasteiger partial charge in [-0.3, -0.25) is 4.79 Å². The van der Waals surface area contributed by atoms with E-state index in [2.05, 4.69) is 5.32 Å². The third-order valence-corrected chi connectivity index (χ3v) is 4.86. The normalized spacial score (nSPS) is 11.2. The minimum atomic E-state index is -3.44. The Hall–Kier alpha value is -1.92. The Labute approximate surface area is 139 Å². The summed E-state index contributed by atoms with van der Waals surface area (Å²) in [6, 6.07) is 12.0. The molecule has 0 aliphatic heterocycles. The second-order valence-corrected chi connectivity index (χ2v) is 7.65. The summed E-state index contributed by atoms with van der Waals surface area (Å²) < 4.78 is 37.1. The molecule has 0 aliphatic carbocycles. The number of carbonyl (C=O) groups is 1. The number of sulfone groups is 1. The summed E-state index contributed by atoms with van der Waals surface area (Å²) in [6.07, 6.45) is -0.195. The van der Waals surface area contributed by atoms with E-state index in [1.165, 1.54) is 24.3 Å². The van der Waals surface area contributed by atoms with Crippen LogP contribution in [0.1, 0.15) is 12.0 Å².